The molecule has 3 aromatic rings. The van der Waals surface area contributed by atoms with Crippen molar-refractivity contribution < 1.29 is 26.7 Å². The van der Waals surface area contributed by atoms with Crippen LogP contribution in [0.1, 0.15) is 30.7 Å². The Labute approximate surface area is 143 Å². The fourth-order valence-electron chi connectivity index (χ4n) is 2.48. The monoisotopic (exact) mass is 366 g/mol. The van der Waals surface area contributed by atoms with Gasteiger partial charge in [-0.15, -0.1) is 10.2 Å². The summed E-state index contributed by atoms with van der Waals surface area (Å²) in [5.74, 6) is -2.12. The van der Waals surface area contributed by atoms with Crippen molar-refractivity contribution in [2.24, 2.45) is 0 Å². The third-order valence-corrected chi connectivity index (χ3v) is 3.91. The van der Waals surface area contributed by atoms with Gasteiger partial charge in [0.05, 0.1) is 5.56 Å². The first-order valence-electron chi connectivity index (χ1n) is 7.55. The van der Waals surface area contributed by atoms with E-state index in [-0.39, 0.29) is 23.0 Å². The molecule has 4 rings (SSSR count). The van der Waals surface area contributed by atoms with Crippen molar-refractivity contribution in [3.63, 3.8) is 0 Å². The summed E-state index contributed by atoms with van der Waals surface area (Å²) in [6, 6.07) is 3.08. The zero-order chi connectivity index (χ0) is 18.3. The standard InChI is InChI=1S/C16H10F4N4O2/c17-9-1-2-11(18)10(5-9)16(3-4-16)26-15-21-6-8(7-22-15)13-23-24-14(25-13)12(19)20/h1-2,5-7,12H,3-4H2. The van der Waals surface area contributed by atoms with Crippen molar-refractivity contribution in [3.8, 4) is 17.5 Å². The van der Waals surface area contributed by atoms with Gasteiger partial charge in [0.2, 0.25) is 0 Å². The number of hydrogen-bond acceptors (Lipinski definition) is 6. The lowest BCUT2D eigenvalue weighted by Gasteiger charge is -2.17. The fraction of sp³-hybridized carbons (Fsp3) is 0.250. The highest BCUT2D eigenvalue weighted by atomic mass is 19.3. The van der Waals surface area contributed by atoms with Crippen molar-refractivity contribution in [3.05, 3.63) is 53.7 Å². The Morgan fingerprint density at radius 3 is 2.42 bits per heavy atom. The van der Waals surface area contributed by atoms with Crippen molar-refractivity contribution >= 4 is 0 Å². The summed E-state index contributed by atoms with van der Waals surface area (Å²) in [5, 5.41) is 6.70. The normalized spacial score (nSPS) is 15.3. The summed E-state index contributed by atoms with van der Waals surface area (Å²) in [6.07, 6.45) is 0.599. The van der Waals surface area contributed by atoms with E-state index < -0.39 is 29.6 Å². The second-order valence-corrected chi connectivity index (χ2v) is 5.72. The molecule has 1 aromatic carbocycles. The van der Waals surface area contributed by atoms with E-state index in [9.17, 15) is 17.6 Å². The topological polar surface area (TPSA) is 73.9 Å². The maximum absolute atomic E-state index is 14.0. The number of hydrogen-bond donors (Lipinski definition) is 0. The highest BCUT2D eigenvalue weighted by Crippen LogP contribution is 2.49. The lowest BCUT2D eigenvalue weighted by molar-refractivity contribution is 0.116. The van der Waals surface area contributed by atoms with Crippen LogP contribution in [0.2, 0.25) is 0 Å². The molecule has 26 heavy (non-hydrogen) atoms. The van der Waals surface area contributed by atoms with E-state index in [2.05, 4.69) is 20.2 Å². The van der Waals surface area contributed by atoms with Gasteiger partial charge in [0.15, 0.2) is 0 Å². The molecule has 1 aliphatic carbocycles. The van der Waals surface area contributed by atoms with Gasteiger partial charge >= 0.3 is 12.4 Å². The number of alkyl halides is 2. The van der Waals surface area contributed by atoms with E-state index in [4.69, 9.17) is 9.15 Å². The van der Waals surface area contributed by atoms with Crippen LogP contribution in [0.3, 0.4) is 0 Å². The maximum atomic E-state index is 14.0. The molecule has 0 atom stereocenters. The third-order valence-electron chi connectivity index (χ3n) is 3.91. The first kappa shape index (κ1) is 16.4. The van der Waals surface area contributed by atoms with Crippen LogP contribution < -0.4 is 4.74 Å². The highest BCUT2D eigenvalue weighted by Gasteiger charge is 2.50. The predicted octanol–water partition coefficient (Wildman–Crippen LogP) is 3.81. The predicted molar refractivity (Wildman–Crippen MR) is 78.2 cm³/mol. The summed E-state index contributed by atoms with van der Waals surface area (Å²) in [6.45, 7) is 0. The zero-order valence-electron chi connectivity index (χ0n) is 13.0. The Kier molecular flexibility index (Phi) is 3.82. The summed E-state index contributed by atoms with van der Waals surface area (Å²) >= 11 is 0. The molecule has 6 nitrogen and oxygen atoms in total. The zero-order valence-corrected chi connectivity index (χ0v) is 13.0. The molecular weight excluding hydrogens is 356 g/mol. The Morgan fingerprint density at radius 2 is 1.81 bits per heavy atom. The van der Waals surface area contributed by atoms with E-state index in [0.717, 1.165) is 18.2 Å². The maximum Gasteiger partial charge on any atom is 0.317 e. The second kappa shape index (κ2) is 6.04. The summed E-state index contributed by atoms with van der Waals surface area (Å²) in [7, 11) is 0. The molecule has 0 amide bonds. The van der Waals surface area contributed by atoms with Gasteiger partial charge in [-0.05, 0) is 31.0 Å². The van der Waals surface area contributed by atoms with Gasteiger partial charge in [0, 0.05) is 18.0 Å². The van der Waals surface area contributed by atoms with Crippen LogP contribution in [0.5, 0.6) is 6.01 Å². The molecular formula is C16H10F4N4O2. The van der Waals surface area contributed by atoms with Crippen molar-refractivity contribution in [1.82, 2.24) is 20.2 Å². The Balaban J connectivity index is 1.55. The molecule has 2 heterocycles. The Hall–Kier alpha value is -3.04. The Morgan fingerprint density at radius 1 is 1.08 bits per heavy atom. The van der Waals surface area contributed by atoms with E-state index in [0.29, 0.717) is 12.8 Å². The number of ether oxygens (including phenoxy) is 1. The molecule has 0 saturated heterocycles. The van der Waals surface area contributed by atoms with Gasteiger partial charge in [0.25, 0.3) is 11.8 Å². The van der Waals surface area contributed by atoms with Crippen LogP contribution in [0, 0.1) is 11.6 Å². The quantitative estimate of drug-likeness (QED) is 0.640. The highest BCUT2D eigenvalue weighted by molar-refractivity contribution is 5.49. The molecule has 0 unspecified atom stereocenters. The van der Waals surface area contributed by atoms with Gasteiger partial charge in [0.1, 0.15) is 17.2 Å². The number of rotatable bonds is 5. The molecule has 1 fully saturated rings. The minimum absolute atomic E-state index is 0.0662. The molecule has 1 saturated carbocycles. The van der Waals surface area contributed by atoms with Gasteiger partial charge in [-0.1, -0.05) is 0 Å². The Bertz CT molecular complexity index is 942. The number of aromatic nitrogens is 4. The minimum atomic E-state index is -2.88. The minimum Gasteiger partial charge on any atom is -0.452 e. The van der Waals surface area contributed by atoms with Gasteiger partial charge < -0.3 is 9.15 Å². The van der Waals surface area contributed by atoms with Gasteiger partial charge in [-0.2, -0.15) is 8.78 Å². The second-order valence-electron chi connectivity index (χ2n) is 5.72. The largest absolute Gasteiger partial charge is 0.452 e. The van der Waals surface area contributed by atoms with E-state index in [1.165, 1.54) is 12.4 Å². The molecule has 0 bridgehead atoms. The molecule has 0 radical (unpaired) electrons. The van der Waals surface area contributed by atoms with Crippen LogP contribution in [0.15, 0.2) is 35.0 Å². The molecule has 2 aromatic heterocycles. The number of halogens is 4. The van der Waals surface area contributed by atoms with Gasteiger partial charge in [-0.3, -0.25) is 0 Å². The third kappa shape index (κ3) is 2.98. The van der Waals surface area contributed by atoms with Crippen LogP contribution in [-0.4, -0.2) is 20.2 Å². The van der Waals surface area contributed by atoms with Crippen molar-refractivity contribution in [1.29, 1.82) is 0 Å². The van der Waals surface area contributed by atoms with Crippen LogP contribution in [-0.2, 0) is 5.60 Å². The van der Waals surface area contributed by atoms with Crippen molar-refractivity contribution in [2.45, 2.75) is 24.9 Å². The smallest absolute Gasteiger partial charge is 0.317 e. The number of benzene rings is 1. The summed E-state index contributed by atoms with van der Waals surface area (Å²) in [4.78, 5) is 7.89. The summed E-state index contributed by atoms with van der Waals surface area (Å²) in [5.41, 5.74) is -0.691. The lowest BCUT2D eigenvalue weighted by atomic mass is 10.1. The van der Waals surface area contributed by atoms with E-state index >= 15 is 0 Å². The fourth-order valence-corrected chi connectivity index (χ4v) is 2.48. The molecule has 10 heteroatoms. The average molecular weight is 366 g/mol. The number of nitrogens with zero attached hydrogens (tertiary/aromatic N) is 4. The van der Waals surface area contributed by atoms with Crippen molar-refractivity contribution in [2.75, 3.05) is 0 Å². The van der Waals surface area contributed by atoms with E-state index in [1.807, 2.05) is 0 Å². The first-order chi connectivity index (χ1) is 12.5. The van der Waals surface area contributed by atoms with Crippen LogP contribution >= 0.6 is 0 Å². The average Bonchev–Trinajstić information content (AvgIpc) is 3.22. The molecule has 0 spiro atoms. The lowest BCUT2D eigenvalue weighted by Crippen LogP contribution is -2.19. The van der Waals surface area contributed by atoms with E-state index in [1.54, 1.807) is 0 Å². The first-order valence-corrected chi connectivity index (χ1v) is 7.55. The summed E-state index contributed by atoms with van der Waals surface area (Å²) < 4.78 is 62.8. The van der Waals surface area contributed by atoms with Crippen LogP contribution in [0.4, 0.5) is 17.6 Å². The van der Waals surface area contributed by atoms with Crippen LogP contribution in [0.25, 0.3) is 11.5 Å². The van der Waals surface area contributed by atoms with Gasteiger partial charge in [-0.25, -0.2) is 18.7 Å². The molecule has 0 N–H and O–H groups in total. The molecule has 134 valence electrons. The SMILES string of the molecule is Fc1ccc(F)c(C2(Oc3ncc(-c4nnc(C(F)F)o4)cn3)CC2)c1. The molecule has 1 aliphatic rings. The molecule has 0 aliphatic heterocycles.